The van der Waals surface area contributed by atoms with Crippen LogP contribution in [0.2, 0.25) is 0 Å². The molecule has 1 rings (SSSR count). The molecule has 0 saturated carbocycles. The second-order valence-electron chi connectivity index (χ2n) is 4.42. The van der Waals surface area contributed by atoms with Gasteiger partial charge in [-0.25, -0.2) is 0 Å². The maximum absolute atomic E-state index is 11.5. The fourth-order valence-electron chi connectivity index (χ4n) is 1.71. The highest BCUT2D eigenvalue weighted by molar-refractivity contribution is 5.79. The van der Waals surface area contributed by atoms with Crippen LogP contribution in [0.1, 0.15) is 27.2 Å². The number of carboxylic acid groups (broad SMARTS) is 1. The van der Waals surface area contributed by atoms with E-state index in [1.165, 1.54) is 0 Å². The van der Waals surface area contributed by atoms with E-state index >= 15 is 0 Å². The Balaban J connectivity index is 2.71. The molecule has 5 heteroatoms. The second kappa shape index (κ2) is 4.18. The molecule has 1 N–H and O–H groups in total. The van der Waals surface area contributed by atoms with Crippen LogP contribution in [-0.2, 0) is 14.3 Å². The van der Waals surface area contributed by atoms with Gasteiger partial charge >= 0.3 is 5.97 Å². The number of rotatable bonds is 3. The molecular weight excluding hydrogens is 198 g/mol. The Morgan fingerprint density at radius 3 is 2.73 bits per heavy atom. The summed E-state index contributed by atoms with van der Waals surface area (Å²) in [5.74, 6) is -0.983. The zero-order valence-electron chi connectivity index (χ0n) is 9.32. The number of hydrogen-bond donors (Lipinski definition) is 1. The standard InChI is InChI=1S/C10H17NO4/c1-7(2)11-6-10(3,4-9(13)14)15-5-8(11)12/h7H,4-6H2,1-3H3,(H,13,14). The van der Waals surface area contributed by atoms with Crippen molar-refractivity contribution < 1.29 is 19.4 Å². The third kappa shape index (κ3) is 2.92. The van der Waals surface area contributed by atoms with E-state index < -0.39 is 11.6 Å². The minimum absolute atomic E-state index is 0.0258. The lowest BCUT2D eigenvalue weighted by Gasteiger charge is -2.41. The molecule has 0 aromatic heterocycles. The van der Waals surface area contributed by atoms with Gasteiger partial charge in [0.25, 0.3) is 0 Å². The summed E-state index contributed by atoms with van der Waals surface area (Å²) in [4.78, 5) is 23.8. The summed E-state index contributed by atoms with van der Waals surface area (Å²) in [6, 6.07) is 0.0783. The third-order valence-corrected chi connectivity index (χ3v) is 2.52. The molecule has 1 aliphatic rings. The van der Waals surface area contributed by atoms with Gasteiger partial charge in [-0.15, -0.1) is 0 Å². The molecule has 1 heterocycles. The molecule has 0 aromatic carbocycles. The SMILES string of the molecule is CC(C)N1CC(C)(CC(=O)O)OCC1=O. The maximum atomic E-state index is 11.5. The molecule has 0 bridgehead atoms. The highest BCUT2D eigenvalue weighted by Gasteiger charge is 2.38. The average molecular weight is 215 g/mol. The molecular formula is C10H17NO4. The van der Waals surface area contributed by atoms with E-state index in [0.717, 1.165) is 0 Å². The summed E-state index contributed by atoms with van der Waals surface area (Å²) in [5.41, 5.74) is -0.760. The first kappa shape index (κ1) is 12.0. The summed E-state index contributed by atoms with van der Waals surface area (Å²) in [5, 5.41) is 8.74. The van der Waals surface area contributed by atoms with Gasteiger partial charge in [-0.3, -0.25) is 9.59 Å². The molecule has 0 spiro atoms. The molecule has 1 saturated heterocycles. The Hall–Kier alpha value is -1.10. The fourth-order valence-corrected chi connectivity index (χ4v) is 1.71. The van der Waals surface area contributed by atoms with Gasteiger partial charge in [-0.05, 0) is 20.8 Å². The van der Waals surface area contributed by atoms with E-state index in [2.05, 4.69) is 0 Å². The largest absolute Gasteiger partial charge is 0.481 e. The predicted octanol–water partition coefficient (Wildman–Crippen LogP) is 0.487. The number of ether oxygens (including phenoxy) is 1. The molecule has 0 radical (unpaired) electrons. The molecule has 0 aliphatic carbocycles. The van der Waals surface area contributed by atoms with E-state index in [1.807, 2.05) is 13.8 Å². The van der Waals surface area contributed by atoms with Gasteiger partial charge in [-0.2, -0.15) is 0 Å². The lowest BCUT2D eigenvalue weighted by molar-refractivity contribution is -0.171. The van der Waals surface area contributed by atoms with Crippen LogP contribution in [0.4, 0.5) is 0 Å². The number of carbonyl (C=O) groups excluding carboxylic acids is 1. The van der Waals surface area contributed by atoms with Crippen molar-refractivity contribution in [1.29, 1.82) is 0 Å². The second-order valence-corrected chi connectivity index (χ2v) is 4.42. The summed E-state index contributed by atoms with van der Waals surface area (Å²) in [6.07, 6.45) is -0.0799. The monoisotopic (exact) mass is 215 g/mol. The van der Waals surface area contributed by atoms with Crippen molar-refractivity contribution in [2.45, 2.75) is 38.8 Å². The Morgan fingerprint density at radius 1 is 1.67 bits per heavy atom. The van der Waals surface area contributed by atoms with Crippen LogP contribution in [-0.4, -0.2) is 46.7 Å². The first-order chi connectivity index (χ1) is 6.84. The van der Waals surface area contributed by atoms with Crippen LogP contribution >= 0.6 is 0 Å². The number of carbonyl (C=O) groups is 2. The average Bonchev–Trinajstić information content (AvgIpc) is 2.08. The minimum atomic E-state index is -0.907. The molecule has 5 nitrogen and oxygen atoms in total. The fraction of sp³-hybridized carbons (Fsp3) is 0.800. The van der Waals surface area contributed by atoms with Gasteiger partial charge in [0.15, 0.2) is 0 Å². The predicted molar refractivity (Wildman–Crippen MR) is 53.5 cm³/mol. The zero-order chi connectivity index (χ0) is 11.6. The van der Waals surface area contributed by atoms with Crippen molar-refractivity contribution in [2.75, 3.05) is 13.2 Å². The molecule has 1 unspecified atom stereocenters. The van der Waals surface area contributed by atoms with E-state index in [-0.39, 0.29) is 25.0 Å². The van der Waals surface area contributed by atoms with Crippen molar-refractivity contribution in [3.63, 3.8) is 0 Å². The number of nitrogens with zero attached hydrogens (tertiary/aromatic N) is 1. The zero-order valence-corrected chi connectivity index (χ0v) is 9.32. The summed E-state index contributed by atoms with van der Waals surface area (Å²) < 4.78 is 5.30. The van der Waals surface area contributed by atoms with Crippen LogP contribution in [0.5, 0.6) is 0 Å². The van der Waals surface area contributed by atoms with E-state index in [1.54, 1.807) is 11.8 Å². The maximum Gasteiger partial charge on any atom is 0.306 e. The molecule has 1 atom stereocenters. The number of hydrogen-bond acceptors (Lipinski definition) is 3. The van der Waals surface area contributed by atoms with E-state index in [9.17, 15) is 9.59 Å². The topological polar surface area (TPSA) is 66.8 Å². The molecule has 15 heavy (non-hydrogen) atoms. The first-order valence-electron chi connectivity index (χ1n) is 4.99. The van der Waals surface area contributed by atoms with Gasteiger partial charge in [0.1, 0.15) is 6.61 Å². The third-order valence-electron chi connectivity index (χ3n) is 2.52. The van der Waals surface area contributed by atoms with E-state index in [4.69, 9.17) is 9.84 Å². The van der Waals surface area contributed by atoms with Crippen molar-refractivity contribution in [1.82, 2.24) is 4.90 Å². The lowest BCUT2D eigenvalue weighted by atomic mass is 9.99. The minimum Gasteiger partial charge on any atom is -0.481 e. The van der Waals surface area contributed by atoms with Crippen molar-refractivity contribution >= 4 is 11.9 Å². The van der Waals surface area contributed by atoms with Gasteiger partial charge in [0, 0.05) is 6.04 Å². The molecule has 1 amide bonds. The van der Waals surface area contributed by atoms with Crippen molar-refractivity contribution in [2.24, 2.45) is 0 Å². The van der Waals surface area contributed by atoms with Crippen LogP contribution in [0.15, 0.2) is 0 Å². The summed E-state index contributed by atoms with van der Waals surface area (Å²) in [7, 11) is 0. The quantitative estimate of drug-likeness (QED) is 0.744. The highest BCUT2D eigenvalue weighted by atomic mass is 16.5. The lowest BCUT2D eigenvalue weighted by Crippen LogP contribution is -2.56. The number of carboxylic acids is 1. The van der Waals surface area contributed by atoms with E-state index in [0.29, 0.717) is 6.54 Å². The van der Waals surface area contributed by atoms with Crippen LogP contribution < -0.4 is 0 Å². The van der Waals surface area contributed by atoms with Gasteiger partial charge in [0.2, 0.25) is 5.91 Å². The van der Waals surface area contributed by atoms with Gasteiger partial charge < -0.3 is 14.7 Å². The molecule has 1 aliphatic heterocycles. The Bertz CT molecular complexity index is 277. The van der Waals surface area contributed by atoms with Crippen LogP contribution in [0, 0.1) is 0 Å². The van der Waals surface area contributed by atoms with Crippen LogP contribution in [0.3, 0.4) is 0 Å². The van der Waals surface area contributed by atoms with Gasteiger partial charge in [0.05, 0.1) is 18.6 Å². The molecule has 86 valence electrons. The Morgan fingerprint density at radius 2 is 2.27 bits per heavy atom. The normalized spacial score (nSPS) is 27.2. The number of aliphatic carboxylic acids is 1. The number of amides is 1. The molecule has 1 fully saturated rings. The summed E-state index contributed by atoms with van der Waals surface area (Å²) >= 11 is 0. The number of morpholine rings is 1. The van der Waals surface area contributed by atoms with Gasteiger partial charge in [-0.1, -0.05) is 0 Å². The highest BCUT2D eigenvalue weighted by Crippen LogP contribution is 2.23. The van der Waals surface area contributed by atoms with Crippen molar-refractivity contribution in [3.8, 4) is 0 Å². The summed E-state index contributed by atoms with van der Waals surface area (Å²) in [6.45, 7) is 5.86. The van der Waals surface area contributed by atoms with Crippen molar-refractivity contribution in [3.05, 3.63) is 0 Å². The molecule has 0 aromatic rings. The Kier molecular flexibility index (Phi) is 3.34. The smallest absolute Gasteiger partial charge is 0.306 e. The first-order valence-corrected chi connectivity index (χ1v) is 4.99. The Labute approximate surface area is 89.0 Å². The van der Waals surface area contributed by atoms with Crippen LogP contribution in [0.25, 0.3) is 0 Å².